The molecule has 0 amide bonds. The topological polar surface area (TPSA) is 23.5 Å². The summed E-state index contributed by atoms with van der Waals surface area (Å²) < 4.78 is 0. The Morgan fingerprint density at radius 1 is 0.941 bits per heavy atom. The minimum atomic E-state index is -0.164. The van der Waals surface area contributed by atoms with Crippen molar-refractivity contribution >= 4 is 0 Å². The quantitative estimate of drug-likeness (QED) is 0.669. The molecule has 0 aliphatic heterocycles. The summed E-state index contributed by atoms with van der Waals surface area (Å²) in [6.07, 6.45) is 2.86. The van der Waals surface area contributed by atoms with Gasteiger partial charge in [0.25, 0.3) is 0 Å². The van der Waals surface area contributed by atoms with Crippen LogP contribution >= 0.6 is 0 Å². The Morgan fingerprint density at radius 2 is 1.41 bits per heavy atom. The monoisotopic (exact) mass is 243 g/mol. The fourth-order valence-corrected chi connectivity index (χ4v) is 2.55. The first-order chi connectivity index (χ1) is 7.92. The Kier molecular flexibility index (Phi) is 8.89. The summed E-state index contributed by atoms with van der Waals surface area (Å²) in [4.78, 5) is 2.50. The number of nitrogens with zero attached hydrogens (tertiary/aromatic N) is 1. The van der Waals surface area contributed by atoms with Crippen LogP contribution in [-0.4, -0.2) is 35.2 Å². The van der Waals surface area contributed by atoms with Gasteiger partial charge in [0.05, 0.1) is 6.10 Å². The predicted octanol–water partition coefficient (Wildman–Crippen LogP) is 3.54. The van der Waals surface area contributed by atoms with Crippen LogP contribution in [0.3, 0.4) is 0 Å². The minimum absolute atomic E-state index is 0.164. The number of aliphatic hydroxyl groups excluding tert-OH is 1. The zero-order chi connectivity index (χ0) is 13.4. The standard InChI is InChI=1S/C15H33NO/c1-7-9-15(17)14(8-2)16(10-12(3)4)11-13(5)6/h12-15,17H,7-11H2,1-6H3. The summed E-state index contributed by atoms with van der Waals surface area (Å²) in [6.45, 7) is 15.5. The van der Waals surface area contributed by atoms with Crippen molar-refractivity contribution in [1.82, 2.24) is 4.90 Å². The summed E-state index contributed by atoms with van der Waals surface area (Å²) in [6, 6.07) is 0.333. The molecular weight excluding hydrogens is 210 g/mol. The first-order valence-electron chi connectivity index (χ1n) is 7.34. The number of rotatable bonds is 9. The van der Waals surface area contributed by atoms with Crippen LogP contribution in [0, 0.1) is 11.8 Å². The van der Waals surface area contributed by atoms with Gasteiger partial charge in [-0.05, 0) is 24.7 Å². The molecule has 2 nitrogen and oxygen atoms in total. The van der Waals surface area contributed by atoms with Crippen molar-refractivity contribution in [3.8, 4) is 0 Å². The number of hydrogen-bond donors (Lipinski definition) is 1. The van der Waals surface area contributed by atoms with Crippen molar-refractivity contribution in [2.45, 2.75) is 73.0 Å². The Hall–Kier alpha value is -0.0800. The highest BCUT2D eigenvalue weighted by atomic mass is 16.3. The van der Waals surface area contributed by atoms with Crippen molar-refractivity contribution in [3.63, 3.8) is 0 Å². The molecule has 1 N–H and O–H groups in total. The summed E-state index contributed by atoms with van der Waals surface area (Å²) >= 11 is 0. The molecule has 2 unspecified atom stereocenters. The predicted molar refractivity (Wildman–Crippen MR) is 76.2 cm³/mol. The highest BCUT2D eigenvalue weighted by Crippen LogP contribution is 2.17. The van der Waals surface area contributed by atoms with Gasteiger partial charge in [-0.1, -0.05) is 48.0 Å². The fraction of sp³-hybridized carbons (Fsp3) is 1.00. The highest BCUT2D eigenvalue weighted by molar-refractivity contribution is 4.79. The van der Waals surface area contributed by atoms with E-state index in [1.54, 1.807) is 0 Å². The zero-order valence-electron chi connectivity index (χ0n) is 12.7. The van der Waals surface area contributed by atoms with Crippen LogP contribution < -0.4 is 0 Å². The summed E-state index contributed by atoms with van der Waals surface area (Å²) in [5.41, 5.74) is 0. The Balaban J connectivity index is 4.58. The van der Waals surface area contributed by atoms with E-state index in [2.05, 4.69) is 46.4 Å². The second-order valence-electron chi connectivity index (χ2n) is 6.07. The van der Waals surface area contributed by atoms with E-state index in [9.17, 15) is 5.11 Å². The number of aliphatic hydroxyl groups is 1. The molecule has 17 heavy (non-hydrogen) atoms. The Labute approximate surface area is 108 Å². The lowest BCUT2D eigenvalue weighted by molar-refractivity contribution is 0.0286. The molecule has 0 saturated carbocycles. The van der Waals surface area contributed by atoms with Gasteiger partial charge in [-0.15, -0.1) is 0 Å². The molecule has 0 aromatic heterocycles. The van der Waals surface area contributed by atoms with Crippen LogP contribution in [0.15, 0.2) is 0 Å². The lowest BCUT2D eigenvalue weighted by Gasteiger charge is -2.36. The first-order valence-corrected chi connectivity index (χ1v) is 7.34. The third-order valence-corrected chi connectivity index (χ3v) is 3.12. The van der Waals surface area contributed by atoms with Crippen molar-refractivity contribution in [2.24, 2.45) is 11.8 Å². The first kappa shape index (κ1) is 16.9. The zero-order valence-corrected chi connectivity index (χ0v) is 12.7. The normalized spacial score (nSPS) is 15.9. The van der Waals surface area contributed by atoms with E-state index in [1.165, 1.54) is 0 Å². The second-order valence-corrected chi connectivity index (χ2v) is 6.07. The molecule has 104 valence electrons. The van der Waals surface area contributed by atoms with Crippen LogP contribution in [0.5, 0.6) is 0 Å². The van der Waals surface area contributed by atoms with Crippen LogP contribution in [0.25, 0.3) is 0 Å². The van der Waals surface area contributed by atoms with Crippen LogP contribution in [-0.2, 0) is 0 Å². The van der Waals surface area contributed by atoms with Crippen molar-refractivity contribution in [3.05, 3.63) is 0 Å². The lowest BCUT2D eigenvalue weighted by Crippen LogP contribution is -2.46. The van der Waals surface area contributed by atoms with E-state index in [0.29, 0.717) is 17.9 Å². The van der Waals surface area contributed by atoms with E-state index in [4.69, 9.17) is 0 Å². The van der Waals surface area contributed by atoms with Crippen LogP contribution in [0.2, 0.25) is 0 Å². The molecule has 0 heterocycles. The number of hydrogen-bond acceptors (Lipinski definition) is 2. The van der Waals surface area contributed by atoms with E-state index in [-0.39, 0.29) is 6.10 Å². The smallest absolute Gasteiger partial charge is 0.0695 e. The molecule has 0 aliphatic rings. The Morgan fingerprint density at radius 3 is 1.71 bits per heavy atom. The van der Waals surface area contributed by atoms with Gasteiger partial charge >= 0.3 is 0 Å². The maximum atomic E-state index is 10.3. The second kappa shape index (κ2) is 8.93. The van der Waals surface area contributed by atoms with Gasteiger partial charge in [-0.3, -0.25) is 4.90 Å². The highest BCUT2D eigenvalue weighted by Gasteiger charge is 2.24. The molecule has 2 atom stereocenters. The molecule has 0 aromatic rings. The molecule has 0 rings (SSSR count). The van der Waals surface area contributed by atoms with Gasteiger partial charge in [0.1, 0.15) is 0 Å². The van der Waals surface area contributed by atoms with Gasteiger partial charge in [0, 0.05) is 19.1 Å². The maximum absolute atomic E-state index is 10.3. The lowest BCUT2D eigenvalue weighted by atomic mass is 9.99. The van der Waals surface area contributed by atoms with Crippen LogP contribution in [0.4, 0.5) is 0 Å². The molecule has 0 bridgehead atoms. The van der Waals surface area contributed by atoms with Crippen molar-refractivity contribution < 1.29 is 5.11 Å². The third-order valence-electron chi connectivity index (χ3n) is 3.12. The van der Waals surface area contributed by atoms with E-state index in [0.717, 1.165) is 32.4 Å². The molecule has 0 spiro atoms. The molecular formula is C15H33NO. The van der Waals surface area contributed by atoms with Gasteiger partial charge in [-0.25, -0.2) is 0 Å². The molecule has 0 fully saturated rings. The van der Waals surface area contributed by atoms with Gasteiger partial charge in [0.15, 0.2) is 0 Å². The summed E-state index contributed by atoms with van der Waals surface area (Å²) in [5, 5.41) is 10.3. The summed E-state index contributed by atoms with van der Waals surface area (Å²) in [5.74, 6) is 1.33. The molecule has 2 heteroatoms. The van der Waals surface area contributed by atoms with Crippen molar-refractivity contribution in [1.29, 1.82) is 0 Å². The molecule has 0 aliphatic carbocycles. The Bertz CT molecular complexity index is 170. The fourth-order valence-electron chi connectivity index (χ4n) is 2.55. The van der Waals surface area contributed by atoms with Gasteiger partial charge in [0.2, 0.25) is 0 Å². The minimum Gasteiger partial charge on any atom is -0.391 e. The molecule has 0 radical (unpaired) electrons. The van der Waals surface area contributed by atoms with E-state index in [1.807, 2.05) is 0 Å². The largest absolute Gasteiger partial charge is 0.391 e. The molecule has 0 saturated heterocycles. The average molecular weight is 243 g/mol. The average Bonchev–Trinajstić information content (AvgIpc) is 2.16. The van der Waals surface area contributed by atoms with Gasteiger partial charge < -0.3 is 5.11 Å². The van der Waals surface area contributed by atoms with Gasteiger partial charge in [-0.2, -0.15) is 0 Å². The third kappa shape index (κ3) is 7.05. The maximum Gasteiger partial charge on any atom is 0.0695 e. The summed E-state index contributed by atoms with van der Waals surface area (Å²) in [7, 11) is 0. The van der Waals surface area contributed by atoms with Crippen molar-refractivity contribution in [2.75, 3.05) is 13.1 Å². The van der Waals surface area contributed by atoms with E-state index < -0.39 is 0 Å². The van der Waals surface area contributed by atoms with Crippen LogP contribution in [0.1, 0.15) is 60.8 Å². The SMILES string of the molecule is CCCC(O)C(CC)N(CC(C)C)CC(C)C. The molecule has 0 aromatic carbocycles. The van der Waals surface area contributed by atoms with E-state index >= 15 is 0 Å².